The zero-order valence-corrected chi connectivity index (χ0v) is 15.9. The summed E-state index contributed by atoms with van der Waals surface area (Å²) in [6, 6.07) is 6.33. The van der Waals surface area contributed by atoms with E-state index in [1.165, 1.54) is 6.07 Å². The Morgan fingerprint density at radius 2 is 1.85 bits per heavy atom. The number of halogens is 4. The Morgan fingerprint density at radius 3 is 2.48 bits per heavy atom. The van der Waals surface area contributed by atoms with Crippen LogP contribution in [-0.4, -0.2) is 39.9 Å². The lowest BCUT2D eigenvalue weighted by atomic mass is 9.97. The topological polar surface area (TPSA) is 50.2 Å². The molecule has 1 aromatic carbocycles. The zero-order valence-electron chi connectivity index (χ0n) is 14.3. The van der Waals surface area contributed by atoms with Crippen molar-refractivity contribution in [2.75, 3.05) is 18.4 Å². The first-order chi connectivity index (χ1) is 12.8. The molecule has 2 aromatic rings. The lowest BCUT2D eigenvalue weighted by Crippen LogP contribution is -2.36. The van der Waals surface area contributed by atoms with Gasteiger partial charge in [-0.2, -0.15) is 18.3 Å². The van der Waals surface area contributed by atoms with E-state index >= 15 is 0 Å². The van der Waals surface area contributed by atoms with Crippen LogP contribution in [0.5, 0.6) is 0 Å². The van der Waals surface area contributed by atoms with Crippen molar-refractivity contribution in [2.24, 2.45) is 0 Å². The van der Waals surface area contributed by atoms with E-state index in [-0.39, 0.29) is 23.8 Å². The van der Waals surface area contributed by atoms with Gasteiger partial charge in [0.05, 0.1) is 6.04 Å². The number of carbonyl (C=O) groups is 1. The number of amides is 1. The van der Waals surface area contributed by atoms with Crippen LogP contribution in [0.3, 0.4) is 0 Å². The fourth-order valence-electron chi connectivity index (χ4n) is 3.67. The van der Waals surface area contributed by atoms with E-state index in [2.05, 4.69) is 26.3 Å². The molecule has 1 saturated heterocycles. The molecule has 27 heavy (non-hydrogen) atoms. The van der Waals surface area contributed by atoms with Gasteiger partial charge in [-0.25, -0.2) is 4.68 Å². The number of benzene rings is 1. The maximum Gasteiger partial charge on any atom is 0.410 e. The second kappa shape index (κ2) is 6.85. The summed E-state index contributed by atoms with van der Waals surface area (Å²) in [4.78, 5) is 14.2. The Kier molecular flexibility index (Phi) is 4.65. The molecular weight excluding hydrogens is 425 g/mol. The molecule has 2 unspecified atom stereocenters. The summed E-state index contributed by atoms with van der Waals surface area (Å²) in [6.45, 7) is 1.25. The van der Waals surface area contributed by atoms with Crippen LogP contribution in [0.15, 0.2) is 34.8 Å². The number of anilines is 1. The molecular formula is C18H18BrF3N4O. The van der Waals surface area contributed by atoms with Crippen LogP contribution < -0.4 is 5.32 Å². The minimum absolute atomic E-state index is 0.0603. The second-order valence-electron chi connectivity index (χ2n) is 6.90. The molecule has 1 amide bonds. The average Bonchev–Trinajstić information content (AvgIpc) is 3.29. The molecule has 0 spiro atoms. The van der Waals surface area contributed by atoms with Crippen LogP contribution in [0.4, 0.5) is 19.0 Å². The highest BCUT2D eigenvalue weighted by molar-refractivity contribution is 9.10. The fraction of sp³-hybridized carbons (Fsp3) is 0.444. The van der Waals surface area contributed by atoms with Crippen molar-refractivity contribution in [3.63, 3.8) is 0 Å². The number of likely N-dealkylation sites (tertiary alicyclic amines) is 1. The lowest BCUT2D eigenvalue weighted by molar-refractivity contribution is -0.173. The molecule has 3 heterocycles. The van der Waals surface area contributed by atoms with Gasteiger partial charge in [0, 0.05) is 30.0 Å². The maximum atomic E-state index is 13.7. The first-order valence-electron chi connectivity index (χ1n) is 8.80. The van der Waals surface area contributed by atoms with Crippen molar-refractivity contribution in [1.82, 2.24) is 14.7 Å². The highest BCUT2D eigenvalue weighted by Gasteiger charge is 2.47. The number of alkyl halides is 3. The molecule has 2 aliphatic rings. The Hall–Kier alpha value is -2.03. The van der Waals surface area contributed by atoms with Crippen molar-refractivity contribution in [2.45, 2.75) is 37.5 Å². The molecule has 0 bridgehead atoms. The molecule has 0 radical (unpaired) electrons. The summed E-state index contributed by atoms with van der Waals surface area (Å²) in [6.07, 6.45) is -2.82. The Bertz CT molecular complexity index is 843. The van der Waals surface area contributed by atoms with E-state index in [1.54, 1.807) is 29.2 Å². The third-order valence-electron chi connectivity index (χ3n) is 5.07. The number of nitrogens with zero attached hydrogens (tertiary/aromatic N) is 3. The number of fused-ring (bicyclic) bond motifs is 1. The summed E-state index contributed by atoms with van der Waals surface area (Å²) < 4.78 is 42.9. The summed E-state index contributed by atoms with van der Waals surface area (Å²) in [5.41, 5.74) is 0.817. The minimum Gasteiger partial charge on any atom is -0.363 e. The SMILES string of the molecule is O=C(c1cc2n(n1)C(C(F)(F)F)CC(c1ccc(Br)cc1)N2)N1CCCC1. The molecule has 0 aliphatic carbocycles. The smallest absolute Gasteiger partial charge is 0.363 e. The first kappa shape index (κ1) is 18.3. The highest BCUT2D eigenvalue weighted by Crippen LogP contribution is 2.43. The third kappa shape index (κ3) is 3.56. The summed E-state index contributed by atoms with van der Waals surface area (Å²) in [7, 11) is 0. The van der Waals surface area contributed by atoms with Gasteiger partial charge < -0.3 is 10.2 Å². The molecule has 2 aliphatic heterocycles. The molecule has 5 nitrogen and oxygen atoms in total. The van der Waals surface area contributed by atoms with Gasteiger partial charge >= 0.3 is 6.18 Å². The Balaban J connectivity index is 1.67. The van der Waals surface area contributed by atoms with Crippen LogP contribution in [-0.2, 0) is 0 Å². The van der Waals surface area contributed by atoms with E-state index < -0.39 is 18.3 Å². The lowest BCUT2D eigenvalue weighted by Gasteiger charge is -2.33. The minimum atomic E-state index is -4.45. The van der Waals surface area contributed by atoms with E-state index in [9.17, 15) is 18.0 Å². The van der Waals surface area contributed by atoms with E-state index in [0.717, 1.165) is 27.6 Å². The standard InChI is InChI=1S/C18H18BrF3N4O/c19-12-5-3-11(4-6-12)13-9-15(18(20,21)22)26-16(23-13)10-14(24-26)17(27)25-7-1-2-8-25/h3-6,10,13,15,23H,1-2,7-9H2. The van der Waals surface area contributed by atoms with Crippen LogP contribution in [0.2, 0.25) is 0 Å². The van der Waals surface area contributed by atoms with E-state index in [0.29, 0.717) is 13.1 Å². The van der Waals surface area contributed by atoms with Gasteiger partial charge in [-0.15, -0.1) is 0 Å². The molecule has 1 fully saturated rings. The molecule has 2 atom stereocenters. The summed E-state index contributed by atoms with van der Waals surface area (Å²) >= 11 is 3.33. The van der Waals surface area contributed by atoms with Crippen LogP contribution in [0.25, 0.3) is 0 Å². The van der Waals surface area contributed by atoms with Gasteiger partial charge in [0.1, 0.15) is 5.82 Å². The monoisotopic (exact) mass is 442 g/mol. The van der Waals surface area contributed by atoms with Crippen molar-refractivity contribution >= 4 is 27.7 Å². The van der Waals surface area contributed by atoms with Crippen molar-refractivity contribution in [3.8, 4) is 0 Å². The number of hydrogen-bond acceptors (Lipinski definition) is 3. The largest absolute Gasteiger partial charge is 0.410 e. The van der Waals surface area contributed by atoms with Crippen LogP contribution in [0.1, 0.15) is 47.4 Å². The van der Waals surface area contributed by atoms with E-state index in [4.69, 9.17) is 0 Å². The van der Waals surface area contributed by atoms with Gasteiger partial charge in [0.25, 0.3) is 5.91 Å². The average molecular weight is 443 g/mol. The number of aromatic nitrogens is 2. The quantitative estimate of drug-likeness (QED) is 0.742. The first-order valence-corrected chi connectivity index (χ1v) is 9.60. The molecule has 1 aromatic heterocycles. The highest BCUT2D eigenvalue weighted by atomic mass is 79.9. The number of carbonyl (C=O) groups excluding carboxylic acids is 1. The normalized spacial score (nSPS) is 22.4. The predicted molar refractivity (Wildman–Crippen MR) is 97.6 cm³/mol. The summed E-state index contributed by atoms with van der Waals surface area (Å²) in [5, 5.41) is 7.14. The van der Waals surface area contributed by atoms with Crippen molar-refractivity contribution in [3.05, 3.63) is 46.1 Å². The van der Waals surface area contributed by atoms with Crippen molar-refractivity contribution in [1.29, 1.82) is 0 Å². The number of nitrogens with one attached hydrogen (secondary N) is 1. The molecule has 0 saturated carbocycles. The molecule has 144 valence electrons. The summed E-state index contributed by atoms with van der Waals surface area (Å²) in [5.74, 6) is -0.0867. The number of rotatable bonds is 2. The third-order valence-corrected chi connectivity index (χ3v) is 5.60. The van der Waals surface area contributed by atoms with Gasteiger partial charge in [-0.3, -0.25) is 4.79 Å². The Morgan fingerprint density at radius 1 is 1.19 bits per heavy atom. The van der Waals surface area contributed by atoms with Gasteiger partial charge in [-0.1, -0.05) is 28.1 Å². The molecule has 1 N–H and O–H groups in total. The zero-order chi connectivity index (χ0) is 19.2. The van der Waals surface area contributed by atoms with Crippen molar-refractivity contribution < 1.29 is 18.0 Å². The predicted octanol–water partition coefficient (Wildman–Crippen LogP) is 4.54. The number of hydrogen-bond donors (Lipinski definition) is 1. The van der Waals surface area contributed by atoms with Crippen LogP contribution >= 0.6 is 15.9 Å². The van der Waals surface area contributed by atoms with Gasteiger partial charge in [-0.05, 0) is 30.5 Å². The molecule has 9 heteroatoms. The maximum absolute atomic E-state index is 13.7. The molecule has 4 rings (SSSR count). The van der Waals surface area contributed by atoms with Gasteiger partial charge in [0.2, 0.25) is 0 Å². The van der Waals surface area contributed by atoms with Gasteiger partial charge in [0.15, 0.2) is 11.7 Å². The second-order valence-corrected chi connectivity index (χ2v) is 7.82. The Labute approximate surface area is 162 Å². The fourth-order valence-corrected chi connectivity index (χ4v) is 3.94. The van der Waals surface area contributed by atoms with Crippen LogP contribution in [0, 0.1) is 0 Å². The van der Waals surface area contributed by atoms with E-state index in [1.807, 2.05) is 0 Å².